The van der Waals surface area contributed by atoms with Gasteiger partial charge >= 0.3 is 17.7 Å². The van der Waals surface area contributed by atoms with Gasteiger partial charge in [0.15, 0.2) is 0 Å². The molecular weight excluding hydrogens is 147 g/mol. The maximum atomic E-state index is 10.3. The Hall–Kier alpha value is -0.770. The third kappa shape index (κ3) is 1.57. The number of carbonyl (C=O) groups excluding carboxylic acids is 2. The Morgan fingerprint density at radius 3 is 2.11 bits per heavy atom. The SMILES string of the molecule is O=C1CC(=O)OC(Cl)O1. The highest BCUT2D eigenvalue weighted by atomic mass is 35.5. The average Bonchev–Trinajstić information content (AvgIpc) is 1.59. The maximum Gasteiger partial charge on any atom is 0.326 e. The van der Waals surface area contributed by atoms with E-state index in [2.05, 4.69) is 9.47 Å². The van der Waals surface area contributed by atoms with E-state index in [0.717, 1.165) is 0 Å². The van der Waals surface area contributed by atoms with Gasteiger partial charge in [0.05, 0.1) is 0 Å². The average molecular weight is 151 g/mol. The summed E-state index contributed by atoms with van der Waals surface area (Å²) in [6, 6.07) is 0. The first-order valence-electron chi connectivity index (χ1n) is 2.21. The second-order valence-electron chi connectivity index (χ2n) is 1.43. The number of hydrogen-bond acceptors (Lipinski definition) is 4. The van der Waals surface area contributed by atoms with E-state index in [4.69, 9.17) is 11.6 Å². The molecule has 0 radical (unpaired) electrons. The highest BCUT2D eigenvalue weighted by Gasteiger charge is 2.25. The van der Waals surface area contributed by atoms with E-state index in [0.29, 0.717) is 0 Å². The van der Waals surface area contributed by atoms with Crippen LogP contribution in [0.5, 0.6) is 0 Å². The Balaban J connectivity index is 2.53. The number of cyclic esters (lactones) is 2. The number of ether oxygens (including phenoxy) is 2. The zero-order chi connectivity index (χ0) is 6.85. The van der Waals surface area contributed by atoms with Crippen LogP contribution < -0.4 is 0 Å². The molecule has 1 fully saturated rings. The lowest BCUT2D eigenvalue weighted by molar-refractivity contribution is -0.188. The molecule has 1 aliphatic rings. The van der Waals surface area contributed by atoms with Gasteiger partial charge in [-0.05, 0) is 11.6 Å². The van der Waals surface area contributed by atoms with Gasteiger partial charge in [-0.15, -0.1) is 0 Å². The Morgan fingerprint density at radius 1 is 1.33 bits per heavy atom. The molecule has 0 aromatic heterocycles. The normalized spacial score (nSPS) is 21.0. The Morgan fingerprint density at radius 2 is 1.78 bits per heavy atom. The van der Waals surface area contributed by atoms with Gasteiger partial charge in [-0.1, -0.05) is 0 Å². The molecule has 0 saturated carbocycles. The largest absolute Gasteiger partial charge is 0.410 e. The van der Waals surface area contributed by atoms with Crippen LogP contribution >= 0.6 is 11.6 Å². The minimum atomic E-state index is -1.24. The van der Waals surface area contributed by atoms with Crippen molar-refractivity contribution in [3.05, 3.63) is 0 Å². The number of carbonyl (C=O) groups is 2. The molecule has 1 aliphatic heterocycles. The molecular formula is C4H3ClO4. The van der Waals surface area contributed by atoms with Crippen molar-refractivity contribution in [2.75, 3.05) is 0 Å². The van der Waals surface area contributed by atoms with E-state index in [1.807, 2.05) is 0 Å². The summed E-state index contributed by atoms with van der Waals surface area (Å²) in [4.78, 5) is 20.6. The van der Waals surface area contributed by atoms with Crippen molar-refractivity contribution < 1.29 is 19.1 Å². The molecule has 5 heteroatoms. The van der Waals surface area contributed by atoms with E-state index in [9.17, 15) is 9.59 Å². The quantitative estimate of drug-likeness (QED) is 0.277. The van der Waals surface area contributed by atoms with Crippen molar-refractivity contribution in [3.63, 3.8) is 0 Å². The molecule has 50 valence electrons. The van der Waals surface area contributed by atoms with Crippen LogP contribution in [0.1, 0.15) is 6.42 Å². The molecule has 0 aliphatic carbocycles. The fourth-order valence-corrected chi connectivity index (χ4v) is 0.631. The number of esters is 2. The molecule has 1 saturated heterocycles. The van der Waals surface area contributed by atoms with E-state index < -0.39 is 17.7 Å². The van der Waals surface area contributed by atoms with Crippen LogP contribution in [0.15, 0.2) is 0 Å². The predicted octanol–water partition coefficient (Wildman–Crippen LogP) is -0.00110. The molecule has 0 bridgehead atoms. The van der Waals surface area contributed by atoms with Crippen molar-refractivity contribution in [2.45, 2.75) is 12.2 Å². The van der Waals surface area contributed by atoms with Crippen LogP contribution in [0, 0.1) is 0 Å². The van der Waals surface area contributed by atoms with Crippen LogP contribution in [-0.2, 0) is 19.1 Å². The second kappa shape index (κ2) is 2.23. The van der Waals surface area contributed by atoms with Crippen LogP contribution in [-0.4, -0.2) is 17.7 Å². The molecule has 0 unspecified atom stereocenters. The molecule has 0 N–H and O–H groups in total. The molecule has 0 amide bonds. The number of rotatable bonds is 0. The fourth-order valence-electron chi connectivity index (χ4n) is 0.432. The number of alkyl halides is 1. The first kappa shape index (κ1) is 6.35. The summed E-state index contributed by atoms with van der Waals surface area (Å²) in [6.45, 7) is 0. The number of halogens is 1. The lowest BCUT2D eigenvalue weighted by atomic mass is 10.4. The zero-order valence-electron chi connectivity index (χ0n) is 4.30. The van der Waals surface area contributed by atoms with Gasteiger partial charge < -0.3 is 9.47 Å². The van der Waals surface area contributed by atoms with Gasteiger partial charge in [-0.25, -0.2) is 0 Å². The monoisotopic (exact) mass is 150 g/mol. The van der Waals surface area contributed by atoms with Crippen LogP contribution in [0.3, 0.4) is 0 Å². The van der Waals surface area contributed by atoms with Gasteiger partial charge in [0, 0.05) is 0 Å². The Labute approximate surface area is 55.7 Å². The minimum absolute atomic E-state index is 0.344. The van der Waals surface area contributed by atoms with Gasteiger partial charge in [0.25, 0.3) is 0 Å². The summed E-state index contributed by atoms with van der Waals surface area (Å²) in [5, 5.41) is 0. The molecule has 9 heavy (non-hydrogen) atoms. The van der Waals surface area contributed by atoms with Gasteiger partial charge in [-0.2, -0.15) is 0 Å². The topological polar surface area (TPSA) is 52.6 Å². The number of hydrogen-bond donors (Lipinski definition) is 0. The first-order valence-corrected chi connectivity index (χ1v) is 2.65. The second-order valence-corrected chi connectivity index (χ2v) is 1.79. The van der Waals surface area contributed by atoms with E-state index in [1.165, 1.54) is 0 Å². The Kier molecular flexibility index (Phi) is 1.57. The van der Waals surface area contributed by atoms with Crippen molar-refractivity contribution in [1.29, 1.82) is 0 Å². The smallest absolute Gasteiger partial charge is 0.326 e. The van der Waals surface area contributed by atoms with Crippen molar-refractivity contribution in [3.8, 4) is 0 Å². The third-order valence-electron chi connectivity index (χ3n) is 0.737. The molecule has 0 aromatic rings. The van der Waals surface area contributed by atoms with E-state index in [-0.39, 0.29) is 6.42 Å². The minimum Gasteiger partial charge on any atom is -0.410 e. The molecule has 0 atom stereocenters. The summed E-state index contributed by atoms with van der Waals surface area (Å²) in [7, 11) is 0. The van der Waals surface area contributed by atoms with Gasteiger partial charge in [-0.3, -0.25) is 9.59 Å². The van der Waals surface area contributed by atoms with E-state index in [1.54, 1.807) is 0 Å². The highest BCUT2D eigenvalue weighted by molar-refractivity contribution is 6.20. The lowest BCUT2D eigenvalue weighted by Crippen LogP contribution is -2.28. The van der Waals surface area contributed by atoms with Crippen LogP contribution in [0.25, 0.3) is 0 Å². The summed E-state index contributed by atoms with van der Waals surface area (Å²) in [6.07, 6.45) is -0.344. The zero-order valence-corrected chi connectivity index (χ0v) is 5.05. The molecule has 1 rings (SSSR count). The molecule has 0 spiro atoms. The fraction of sp³-hybridized carbons (Fsp3) is 0.500. The van der Waals surface area contributed by atoms with E-state index >= 15 is 0 Å². The summed E-state index contributed by atoms with van der Waals surface area (Å²) in [5.41, 5.74) is 0. The first-order chi connectivity index (χ1) is 4.18. The van der Waals surface area contributed by atoms with Crippen LogP contribution in [0.4, 0.5) is 0 Å². The predicted molar refractivity (Wildman–Crippen MR) is 26.4 cm³/mol. The third-order valence-corrected chi connectivity index (χ3v) is 0.915. The molecule has 1 heterocycles. The van der Waals surface area contributed by atoms with Crippen molar-refractivity contribution in [2.24, 2.45) is 0 Å². The van der Waals surface area contributed by atoms with Gasteiger partial charge in [0.2, 0.25) is 0 Å². The highest BCUT2D eigenvalue weighted by Crippen LogP contribution is 2.10. The summed E-state index contributed by atoms with van der Waals surface area (Å²) in [5.74, 6) is -2.53. The maximum absolute atomic E-state index is 10.3. The summed E-state index contributed by atoms with van der Waals surface area (Å²) < 4.78 is 8.48. The van der Waals surface area contributed by atoms with Gasteiger partial charge in [0.1, 0.15) is 6.42 Å². The molecule has 4 nitrogen and oxygen atoms in total. The lowest BCUT2D eigenvalue weighted by Gasteiger charge is -2.15. The summed E-state index contributed by atoms with van der Waals surface area (Å²) >= 11 is 5.12. The molecule has 0 aromatic carbocycles. The van der Waals surface area contributed by atoms with Crippen molar-refractivity contribution >= 4 is 23.5 Å². The van der Waals surface area contributed by atoms with Crippen molar-refractivity contribution in [1.82, 2.24) is 0 Å². The standard InChI is InChI=1S/C4H3ClO4/c5-4-8-2(6)1-3(7)9-4/h4H,1H2. The Bertz CT molecular complexity index is 139. The van der Waals surface area contributed by atoms with Crippen LogP contribution in [0.2, 0.25) is 0 Å².